The summed E-state index contributed by atoms with van der Waals surface area (Å²) in [6.45, 7) is 3.63. The highest BCUT2D eigenvalue weighted by atomic mass is 16.5. The fourth-order valence-corrected chi connectivity index (χ4v) is 2.67. The number of methoxy groups -OCH3 is 2. The molecule has 0 aliphatic carbocycles. The predicted molar refractivity (Wildman–Crippen MR) is 99.2 cm³/mol. The average molecular weight is 375 g/mol. The fourth-order valence-electron chi connectivity index (χ4n) is 2.67. The third-order valence-corrected chi connectivity index (χ3v) is 4.11. The van der Waals surface area contributed by atoms with Crippen LogP contribution in [0.3, 0.4) is 0 Å². The van der Waals surface area contributed by atoms with Crippen LogP contribution in [0.1, 0.15) is 41.5 Å². The van der Waals surface area contributed by atoms with Gasteiger partial charge in [0.25, 0.3) is 5.91 Å². The van der Waals surface area contributed by atoms with Crippen LogP contribution in [0.15, 0.2) is 24.3 Å². The van der Waals surface area contributed by atoms with E-state index < -0.39 is 18.4 Å². The highest BCUT2D eigenvalue weighted by Gasteiger charge is 2.23. The van der Waals surface area contributed by atoms with Crippen molar-refractivity contribution < 1.29 is 24.2 Å². The Morgan fingerprint density at radius 3 is 2.19 bits per heavy atom. The van der Waals surface area contributed by atoms with Crippen molar-refractivity contribution in [2.75, 3.05) is 20.8 Å². The van der Waals surface area contributed by atoms with Crippen molar-refractivity contribution in [1.82, 2.24) is 14.7 Å². The number of amides is 1. The lowest BCUT2D eigenvalue weighted by molar-refractivity contribution is -0.137. The van der Waals surface area contributed by atoms with Gasteiger partial charge < -0.3 is 19.5 Å². The molecular weight excluding hydrogens is 350 g/mol. The van der Waals surface area contributed by atoms with Gasteiger partial charge in [-0.3, -0.25) is 14.3 Å². The first kappa shape index (κ1) is 20.3. The molecule has 0 unspecified atom stereocenters. The predicted octanol–water partition coefficient (Wildman–Crippen LogP) is 2.29. The first-order chi connectivity index (χ1) is 12.7. The van der Waals surface area contributed by atoms with Crippen LogP contribution < -0.4 is 9.47 Å². The number of benzene rings is 1. The number of carboxylic acids is 1. The minimum atomic E-state index is -1.09. The lowest BCUT2D eigenvalue weighted by atomic mass is 10.1. The maximum absolute atomic E-state index is 13.0. The van der Waals surface area contributed by atoms with Crippen molar-refractivity contribution in [2.24, 2.45) is 7.05 Å². The quantitative estimate of drug-likeness (QED) is 0.761. The molecule has 146 valence electrons. The number of carboxylic acid groups (broad SMARTS) is 1. The fraction of sp³-hybridized carbons (Fsp3) is 0.421. The zero-order valence-corrected chi connectivity index (χ0v) is 16.2. The summed E-state index contributed by atoms with van der Waals surface area (Å²) in [7, 11) is 4.73. The zero-order valence-electron chi connectivity index (χ0n) is 16.2. The molecule has 1 N–H and O–H groups in total. The van der Waals surface area contributed by atoms with Crippen LogP contribution in [-0.4, -0.2) is 52.4 Å². The van der Waals surface area contributed by atoms with Crippen molar-refractivity contribution in [3.63, 3.8) is 0 Å². The van der Waals surface area contributed by atoms with Gasteiger partial charge in [-0.1, -0.05) is 13.8 Å². The molecule has 0 bridgehead atoms. The molecule has 0 aliphatic rings. The summed E-state index contributed by atoms with van der Waals surface area (Å²) in [5.41, 5.74) is 1.82. The number of carbonyl (C=O) groups excluding carboxylic acids is 1. The molecule has 1 aromatic heterocycles. The molecule has 0 saturated heterocycles. The Labute approximate surface area is 158 Å². The molecule has 27 heavy (non-hydrogen) atoms. The number of hydrogen-bond donors (Lipinski definition) is 1. The van der Waals surface area contributed by atoms with E-state index >= 15 is 0 Å². The van der Waals surface area contributed by atoms with E-state index in [0.29, 0.717) is 22.8 Å². The van der Waals surface area contributed by atoms with Gasteiger partial charge in [-0.15, -0.1) is 0 Å². The molecule has 1 aromatic carbocycles. The van der Waals surface area contributed by atoms with Gasteiger partial charge in [0.05, 0.1) is 19.9 Å². The second-order valence-corrected chi connectivity index (χ2v) is 6.51. The third-order valence-electron chi connectivity index (χ3n) is 4.11. The van der Waals surface area contributed by atoms with Gasteiger partial charge in [0.2, 0.25) is 0 Å². The van der Waals surface area contributed by atoms with Crippen molar-refractivity contribution >= 4 is 11.9 Å². The second kappa shape index (κ2) is 8.57. The second-order valence-electron chi connectivity index (χ2n) is 6.51. The summed E-state index contributed by atoms with van der Waals surface area (Å²) < 4.78 is 12.0. The Bertz CT molecular complexity index is 806. The van der Waals surface area contributed by atoms with Crippen LogP contribution in [0, 0.1) is 0 Å². The van der Waals surface area contributed by atoms with Crippen LogP contribution in [0.5, 0.6) is 11.5 Å². The Kier molecular flexibility index (Phi) is 6.44. The molecule has 0 saturated carbocycles. The molecular formula is C19H25N3O5. The van der Waals surface area contributed by atoms with Gasteiger partial charge in [0.15, 0.2) is 0 Å². The molecule has 0 aliphatic heterocycles. The number of carbonyl (C=O) groups is 2. The van der Waals surface area contributed by atoms with Crippen molar-refractivity contribution in [1.29, 1.82) is 0 Å². The Balaban J connectivity index is 2.35. The lowest BCUT2D eigenvalue weighted by Crippen LogP contribution is -2.36. The zero-order chi connectivity index (χ0) is 20.1. The van der Waals surface area contributed by atoms with Gasteiger partial charge in [-0.05, 0) is 29.7 Å². The summed E-state index contributed by atoms with van der Waals surface area (Å²) in [6, 6.07) is 6.90. The molecule has 0 radical (unpaired) electrons. The van der Waals surface area contributed by atoms with E-state index in [1.807, 2.05) is 13.8 Å². The number of ether oxygens (including phenoxy) is 2. The molecule has 2 aromatic rings. The monoisotopic (exact) mass is 375 g/mol. The third kappa shape index (κ3) is 4.99. The minimum absolute atomic E-state index is 0.0981. The molecule has 1 amide bonds. The summed E-state index contributed by atoms with van der Waals surface area (Å²) in [5, 5.41) is 13.6. The summed E-state index contributed by atoms with van der Waals surface area (Å²) in [4.78, 5) is 25.6. The van der Waals surface area contributed by atoms with Crippen molar-refractivity contribution in [3.05, 3.63) is 41.2 Å². The Morgan fingerprint density at radius 2 is 1.74 bits per heavy atom. The van der Waals surface area contributed by atoms with Crippen molar-refractivity contribution in [2.45, 2.75) is 26.3 Å². The number of hydrogen-bond acceptors (Lipinski definition) is 5. The standard InChI is InChI=1S/C19H25N3O5/c1-12(2)16-9-17(21(3)20-16)19(25)22(11-18(23)24)10-13-6-14(26-4)8-15(7-13)27-5/h6-9,12H,10-11H2,1-5H3,(H,23,24). The topological polar surface area (TPSA) is 93.9 Å². The lowest BCUT2D eigenvalue weighted by Gasteiger charge is -2.21. The number of aliphatic carboxylic acids is 1. The molecule has 0 fully saturated rings. The number of rotatable bonds is 8. The maximum Gasteiger partial charge on any atom is 0.323 e. The first-order valence-electron chi connectivity index (χ1n) is 8.52. The summed E-state index contributed by atoms with van der Waals surface area (Å²) >= 11 is 0. The van der Waals surface area contributed by atoms with Crippen LogP contribution in [-0.2, 0) is 18.4 Å². The minimum Gasteiger partial charge on any atom is -0.497 e. The molecule has 8 nitrogen and oxygen atoms in total. The van der Waals surface area contributed by atoms with Gasteiger partial charge in [0.1, 0.15) is 23.7 Å². The number of aromatic nitrogens is 2. The smallest absolute Gasteiger partial charge is 0.323 e. The maximum atomic E-state index is 13.0. The van der Waals surface area contributed by atoms with E-state index in [-0.39, 0.29) is 12.5 Å². The van der Waals surface area contributed by atoms with E-state index in [4.69, 9.17) is 9.47 Å². The molecule has 2 rings (SSSR count). The highest BCUT2D eigenvalue weighted by Crippen LogP contribution is 2.24. The number of aryl methyl sites for hydroxylation is 1. The van der Waals surface area contributed by atoms with Gasteiger partial charge >= 0.3 is 5.97 Å². The normalized spacial score (nSPS) is 10.7. The van der Waals surface area contributed by atoms with E-state index in [1.54, 1.807) is 31.3 Å². The largest absolute Gasteiger partial charge is 0.497 e. The molecule has 0 atom stereocenters. The Morgan fingerprint density at radius 1 is 1.15 bits per heavy atom. The van der Waals surface area contributed by atoms with Crippen LogP contribution in [0.4, 0.5) is 0 Å². The molecule has 8 heteroatoms. The van der Waals surface area contributed by atoms with Gasteiger partial charge in [-0.2, -0.15) is 5.10 Å². The average Bonchev–Trinajstić information content (AvgIpc) is 3.01. The molecule has 0 spiro atoms. The first-order valence-corrected chi connectivity index (χ1v) is 8.52. The molecule has 1 heterocycles. The summed E-state index contributed by atoms with van der Waals surface area (Å²) in [5.74, 6) is -0.205. The van der Waals surface area contributed by atoms with Gasteiger partial charge in [-0.25, -0.2) is 0 Å². The Hall–Kier alpha value is -3.03. The van der Waals surface area contributed by atoms with Crippen LogP contribution >= 0.6 is 0 Å². The highest BCUT2D eigenvalue weighted by molar-refractivity contribution is 5.94. The van der Waals surface area contributed by atoms with Gasteiger partial charge in [0, 0.05) is 19.7 Å². The van der Waals surface area contributed by atoms with E-state index in [0.717, 1.165) is 5.69 Å². The van der Waals surface area contributed by atoms with E-state index in [1.165, 1.54) is 23.8 Å². The SMILES string of the molecule is COc1cc(CN(CC(=O)O)C(=O)c2cc(C(C)C)nn2C)cc(OC)c1. The van der Waals surface area contributed by atoms with E-state index in [2.05, 4.69) is 5.10 Å². The summed E-state index contributed by atoms with van der Waals surface area (Å²) in [6.07, 6.45) is 0. The van der Waals surface area contributed by atoms with Crippen molar-refractivity contribution in [3.8, 4) is 11.5 Å². The van der Waals surface area contributed by atoms with Crippen LogP contribution in [0.25, 0.3) is 0 Å². The number of nitrogens with zero attached hydrogens (tertiary/aromatic N) is 3. The van der Waals surface area contributed by atoms with Crippen LogP contribution in [0.2, 0.25) is 0 Å². The van der Waals surface area contributed by atoms with E-state index in [9.17, 15) is 14.7 Å².